The van der Waals surface area contributed by atoms with Crippen LogP contribution in [0.2, 0.25) is 5.02 Å². The number of anilines is 1. The Hall–Kier alpha value is -0.800. The van der Waals surface area contributed by atoms with Gasteiger partial charge in [-0.15, -0.1) is 0 Å². The zero-order valence-electron chi connectivity index (χ0n) is 13.7. The second-order valence-corrected chi connectivity index (χ2v) is 7.41. The highest BCUT2D eigenvalue weighted by atomic mass is 35.5. The second-order valence-electron chi connectivity index (χ2n) is 7.01. The molecule has 21 heavy (non-hydrogen) atoms. The summed E-state index contributed by atoms with van der Waals surface area (Å²) in [4.78, 5) is 7.15. The molecule has 1 aliphatic rings. The predicted octanol–water partition coefficient (Wildman–Crippen LogP) is 4.11. The highest BCUT2D eigenvalue weighted by Gasteiger charge is 2.29. The van der Waals surface area contributed by atoms with Crippen LogP contribution < -0.4 is 10.2 Å². The van der Waals surface area contributed by atoms with Gasteiger partial charge in [0, 0.05) is 19.6 Å². The van der Waals surface area contributed by atoms with Crippen molar-refractivity contribution in [1.29, 1.82) is 0 Å². The first-order valence-corrected chi connectivity index (χ1v) is 8.40. The lowest BCUT2D eigenvalue weighted by atomic mass is 9.75. The molecule has 0 bridgehead atoms. The standard InChI is InChI=1S/C17H28ClN3/c1-5-19-12-15-14(18)6-7-16(20-15)21-10-8-13(9-11-21)17(2,3)4/h6-7,13,19H,5,8-12H2,1-4H3. The van der Waals surface area contributed by atoms with Crippen LogP contribution in [0.3, 0.4) is 0 Å². The highest BCUT2D eigenvalue weighted by molar-refractivity contribution is 6.31. The minimum Gasteiger partial charge on any atom is -0.357 e. The van der Waals surface area contributed by atoms with E-state index >= 15 is 0 Å². The Kier molecular flexibility index (Phi) is 5.50. The molecule has 0 saturated carbocycles. The summed E-state index contributed by atoms with van der Waals surface area (Å²) in [7, 11) is 0. The van der Waals surface area contributed by atoms with E-state index in [0.29, 0.717) is 5.41 Å². The van der Waals surface area contributed by atoms with Crippen LogP contribution in [0.15, 0.2) is 12.1 Å². The number of hydrogen-bond donors (Lipinski definition) is 1. The predicted molar refractivity (Wildman–Crippen MR) is 91.0 cm³/mol. The second kappa shape index (κ2) is 6.97. The largest absolute Gasteiger partial charge is 0.357 e. The summed E-state index contributed by atoms with van der Waals surface area (Å²) < 4.78 is 0. The van der Waals surface area contributed by atoms with E-state index < -0.39 is 0 Å². The van der Waals surface area contributed by atoms with E-state index in [-0.39, 0.29) is 0 Å². The highest BCUT2D eigenvalue weighted by Crippen LogP contribution is 2.35. The topological polar surface area (TPSA) is 28.2 Å². The molecule has 1 aromatic rings. The molecule has 2 rings (SSSR count). The van der Waals surface area contributed by atoms with Gasteiger partial charge < -0.3 is 10.2 Å². The van der Waals surface area contributed by atoms with E-state index in [9.17, 15) is 0 Å². The van der Waals surface area contributed by atoms with Crippen LogP contribution in [0.1, 0.15) is 46.2 Å². The molecule has 0 atom stereocenters. The maximum atomic E-state index is 6.23. The summed E-state index contributed by atoms with van der Waals surface area (Å²) in [6.45, 7) is 13.0. The molecule has 0 spiro atoms. The minimum atomic E-state index is 0.412. The van der Waals surface area contributed by atoms with E-state index in [1.807, 2.05) is 6.07 Å². The van der Waals surface area contributed by atoms with E-state index in [1.165, 1.54) is 12.8 Å². The third-order valence-electron chi connectivity index (χ3n) is 4.49. The van der Waals surface area contributed by atoms with Crippen LogP contribution in [-0.2, 0) is 6.54 Å². The van der Waals surface area contributed by atoms with Gasteiger partial charge in [0.1, 0.15) is 5.82 Å². The molecule has 4 heteroatoms. The van der Waals surface area contributed by atoms with E-state index in [0.717, 1.165) is 48.6 Å². The van der Waals surface area contributed by atoms with Gasteiger partial charge in [-0.2, -0.15) is 0 Å². The third-order valence-corrected chi connectivity index (χ3v) is 4.83. The average molecular weight is 310 g/mol. The molecule has 0 radical (unpaired) electrons. The SMILES string of the molecule is CCNCc1nc(N2CCC(C(C)(C)C)CC2)ccc1Cl. The number of pyridine rings is 1. The molecular weight excluding hydrogens is 282 g/mol. The molecule has 1 aliphatic heterocycles. The summed E-state index contributed by atoms with van der Waals surface area (Å²) in [5, 5.41) is 4.05. The van der Waals surface area contributed by atoms with Gasteiger partial charge in [-0.1, -0.05) is 39.3 Å². The van der Waals surface area contributed by atoms with Crippen molar-refractivity contribution in [2.75, 3.05) is 24.5 Å². The van der Waals surface area contributed by atoms with Crippen LogP contribution >= 0.6 is 11.6 Å². The fourth-order valence-electron chi connectivity index (χ4n) is 2.99. The van der Waals surface area contributed by atoms with Crippen LogP contribution in [0, 0.1) is 11.3 Å². The van der Waals surface area contributed by atoms with Crippen LogP contribution in [-0.4, -0.2) is 24.6 Å². The number of piperidine rings is 1. The Morgan fingerprint density at radius 3 is 2.52 bits per heavy atom. The Balaban J connectivity index is 2.03. The number of halogens is 1. The molecule has 1 N–H and O–H groups in total. The molecular formula is C17H28ClN3. The monoisotopic (exact) mass is 309 g/mol. The summed E-state index contributed by atoms with van der Waals surface area (Å²) >= 11 is 6.23. The van der Waals surface area contributed by atoms with Crippen molar-refractivity contribution in [3.05, 3.63) is 22.8 Å². The van der Waals surface area contributed by atoms with Crippen LogP contribution in [0.25, 0.3) is 0 Å². The quantitative estimate of drug-likeness (QED) is 0.907. The smallest absolute Gasteiger partial charge is 0.128 e. The molecule has 1 saturated heterocycles. The summed E-state index contributed by atoms with van der Waals surface area (Å²) in [5.74, 6) is 1.88. The third kappa shape index (κ3) is 4.33. The molecule has 1 aromatic heterocycles. The Bertz CT molecular complexity index is 460. The maximum Gasteiger partial charge on any atom is 0.128 e. The van der Waals surface area contributed by atoms with Gasteiger partial charge in [-0.05, 0) is 42.9 Å². The molecule has 0 unspecified atom stereocenters. The number of hydrogen-bond acceptors (Lipinski definition) is 3. The van der Waals surface area contributed by atoms with Crippen LogP contribution in [0.4, 0.5) is 5.82 Å². The van der Waals surface area contributed by atoms with Gasteiger partial charge >= 0.3 is 0 Å². The first kappa shape index (κ1) is 16.6. The van der Waals surface area contributed by atoms with Crippen molar-refractivity contribution >= 4 is 17.4 Å². The molecule has 118 valence electrons. The van der Waals surface area contributed by atoms with E-state index in [1.54, 1.807) is 0 Å². The van der Waals surface area contributed by atoms with E-state index in [4.69, 9.17) is 16.6 Å². The molecule has 0 aromatic carbocycles. The normalized spacial score (nSPS) is 17.3. The number of rotatable bonds is 4. The summed E-state index contributed by atoms with van der Waals surface area (Å²) in [6.07, 6.45) is 2.49. The van der Waals surface area contributed by atoms with E-state index in [2.05, 4.69) is 44.0 Å². The maximum absolute atomic E-state index is 6.23. The minimum absolute atomic E-state index is 0.412. The zero-order valence-corrected chi connectivity index (χ0v) is 14.5. The Morgan fingerprint density at radius 1 is 1.29 bits per heavy atom. The van der Waals surface area contributed by atoms with Crippen molar-refractivity contribution in [2.45, 2.75) is 47.1 Å². The van der Waals surface area contributed by atoms with Crippen molar-refractivity contribution in [1.82, 2.24) is 10.3 Å². The number of aromatic nitrogens is 1. The number of nitrogens with one attached hydrogen (secondary N) is 1. The van der Waals surface area contributed by atoms with Crippen molar-refractivity contribution in [2.24, 2.45) is 11.3 Å². The molecule has 0 amide bonds. The van der Waals surface area contributed by atoms with Crippen molar-refractivity contribution < 1.29 is 0 Å². The first-order valence-electron chi connectivity index (χ1n) is 8.03. The molecule has 1 fully saturated rings. The lowest BCUT2D eigenvalue weighted by Crippen LogP contribution is -2.38. The average Bonchev–Trinajstić information content (AvgIpc) is 2.46. The summed E-state index contributed by atoms with van der Waals surface area (Å²) in [5.41, 5.74) is 1.37. The lowest BCUT2D eigenvalue weighted by Gasteiger charge is -2.39. The first-order chi connectivity index (χ1) is 9.91. The van der Waals surface area contributed by atoms with Gasteiger partial charge in [-0.25, -0.2) is 4.98 Å². The number of nitrogens with zero attached hydrogens (tertiary/aromatic N) is 2. The van der Waals surface area contributed by atoms with Gasteiger partial charge in [0.15, 0.2) is 0 Å². The Labute approximate surface area is 134 Å². The fraction of sp³-hybridized carbons (Fsp3) is 0.706. The molecule has 0 aliphatic carbocycles. The van der Waals surface area contributed by atoms with Crippen molar-refractivity contribution in [3.8, 4) is 0 Å². The van der Waals surface area contributed by atoms with Gasteiger partial charge in [-0.3, -0.25) is 0 Å². The van der Waals surface area contributed by atoms with Gasteiger partial charge in [0.05, 0.1) is 10.7 Å². The molecule has 2 heterocycles. The van der Waals surface area contributed by atoms with Crippen LogP contribution in [0.5, 0.6) is 0 Å². The van der Waals surface area contributed by atoms with Gasteiger partial charge in [0.2, 0.25) is 0 Å². The Morgan fingerprint density at radius 2 is 1.95 bits per heavy atom. The van der Waals surface area contributed by atoms with Gasteiger partial charge in [0.25, 0.3) is 0 Å². The molecule has 3 nitrogen and oxygen atoms in total. The zero-order chi connectivity index (χ0) is 15.5. The van der Waals surface area contributed by atoms with Crippen molar-refractivity contribution in [3.63, 3.8) is 0 Å². The summed E-state index contributed by atoms with van der Waals surface area (Å²) in [6, 6.07) is 4.03. The lowest BCUT2D eigenvalue weighted by molar-refractivity contribution is 0.198. The fourth-order valence-corrected chi connectivity index (χ4v) is 3.16.